The smallest absolute Gasteiger partial charge is 0.339 e. The summed E-state index contributed by atoms with van der Waals surface area (Å²) in [7, 11) is 0. The quantitative estimate of drug-likeness (QED) is 0.931. The fraction of sp³-hybridized carbons (Fsp3) is 0.0714. The highest BCUT2D eigenvalue weighted by Gasteiger charge is 2.14. The Morgan fingerprint density at radius 1 is 1.25 bits per heavy atom. The van der Waals surface area contributed by atoms with E-state index in [9.17, 15) is 13.6 Å². The van der Waals surface area contributed by atoms with Gasteiger partial charge in [-0.25, -0.2) is 13.6 Å². The third-order valence-electron chi connectivity index (χ3n) is 2.59. The number of carbonyl (C=O) groups is 1. The zero-order valence-corrected chi connectivity index (χ0v) is 10.8. The van der Waals surface area contributed by atoms with Crippen LogP contribution in [0.25, 0.3) is 0 Å². The molecule has 0 aliphatic heterocycles. The summed E-state index contributed by atoms with van der Waals surface area (Å²) in [5, 5.41) is 8.89. The molecule has 2 aromatic carbocycles. The second-order valence-corrected chi connectivity index (χ2v) is 4.35. The molecule has 2 rings (SSSR count). The number of halogens is 3. The third kappa shape index (κ3) is 3.05. The summed E-state index contributed by atoms with van der Waals surface area (Å²) >= 11 is 5.62. The molecule has 2 aromatic rings. The lowest BCUT2D eigenvalue weighted by molar-refractivity contribution is 0.0691. The predicted molar refractivity (Wildman–Crippen MR) is 69.1 cm³/mol. The fourth-order valence-corrected chi connectivity index (χ4v) is 1.80. The second-order valence-electron chi connectivity index (χ2n) is 3.95. The van der Waals surface area contributed by atoms with Crippen molar-refractivity contribution in [1.29, 1.82) is 0 Å². The van der Waals surface area contributed by atoms with Crippen LogP contribution in [-0.4, -0.2) is 11.1 Å². The highest BCUT2D eigenvalue weighted by atomic mass is 35.5. The summed E-state index contributed by atoms with van der Waals surface area (Å²) in [6, 6.07) is 7.39. The van der Waals surface area contributed by atoms with Crippen molar-refractivity contribution in [3.05, 3.63) is 64.2 Å². The second kappa shape index (κ2) is 5.88. The van der Waals surface area contributed by atoms with Gasteiger partial charge in [-0.05, 0) is 18.2 Å². The maximum atomic E-state index is 13.6. The van der Waals surface area contributed by atoms with Crippen LogP contribution in [0, 0.1) is 11.6 Å². The number of rotatable bonds is 4. The van der Waals surface area contributed by atoms with Gasteiger partial charge in [-0.3, -0.25) is 0 Å². The van der Waals surface area contributed by atoms with Gasteiger partial charge < -0.3 is 9.84 Å². The van der Waals surface area contributed by atoms with Crippen molar-refractivity contribution in [2.45, 2.75) is 6.61 Å². The minimum atomic E-state index is -1.26. The van der Waals surface area contributed by atoms with E-state index in [0.29, 0.717) is 0 Å². The first-order chi connectivity index (χ1) is 9.49. The number of hydrogen-bond acceptors (Lipinski definition) is 2. The predicted octanol–water partition coefficient (Wildman–Crippen LogP) is 3.90. The van der Waals surface area contributed by atoms with E-state index in [4.69, 9.17) is 21.4 Å². The number of aromatic carboxylic acids is 1. The highest BCUT2D eigenvalue weighted by Crippen LogP contribution is 2.23. The van der Waals surface area contributed by atoms with Crippen LogP contribution in [0.1, 0.15) is 15.9 Å². The Morgan fingerprint density at radius 2 is 2.00 bits per heavy atom. The van der Waals surface area contributed by atoms with Crippen LogP contribution in [0.3, 0.4) is 0 Å². The van der Waals surface area contributed by atoms with Crippen molar-refractivity contribution in [2.75, 3.05) is 0 Å². The summed E-state index contributed by atoms with van der Waals surface area (Å²) in [6.45, 7) is -0.254. The summed E-state index contributed by atoms with van der Waals surface area (Å²) in [5.41, 5.74) is -0.0491. The molecule has 0 spiro atoms. The zero-order chi connectivity index (χ0) is 14.7. The molecule has 20 heavy (non-hydrogen) atoms. The summed E-state index contributed by atoms with van der Waals surface area (Å²) in [5.74, 6) is -2.72. The topological polar surface area (TPSA) is 46.5 Å². The normalized spacial score (nSPS) is 10.3. The molecule has 0 aromatic heterocycles. The van der Waals surface area contributed by atoms with Crippen LogP contribution in [0.2, 0.25) is 5.02 Å². The Hall–Kier alpha value is -2.14. The van der Waals surface area contributed by atoms with Gasteiger partial charge in [0.2, 0.25) is 0 Å². The van der Waals surface area contributed by atoms with Gasteiger partial charge in [0, 0.05) is 11.6 Å². The monoisotopic (exact) mass is 298 g/mol. The van der Waals surface area contributed by atoms with E-state index in [1.165, 1.54) is 18.2 Å². The van der Waals surface area contributed by atoms with Crippen molar-refractivity contribution in [3.8, 4) is 5.75 Å². The molecular formula is C14H9ClF2O3. The molecule has 0 aliphatic carbocycles. The highest BCUT2D eigenvalue weighted by molar-refractivity contribution is 6.30. The zero-order valence-electron chi connectivity index (χ0n) is 10.1. The molecule has 104 valence electrons. The van der Waals surface area contributed by atoms with E-state index in [-0.39, 0.29) is 28.5 Å². The van der Waals surface area contributed by atoms with E-state index in [1.54, 1.807) is 0 Å². The van der Waals surface area contributed by atoms with Crippen LogP contribution in [0.4, 0.5) is 8.78 Å². The van der Waals surface area contributed by atoms with Gasteiger partial charge in [0.25, 0.3) is 0 Å². The molecule has 0 unspecified atom stereocenters. The Morgan fingerprint density at radius 3 is 2.70 bits per heavy atom. The van der Waals surface area contributed by atoms with Crippen molar-refractivity contribution in [3.63, 3.8) is 0 Å². The Balaban J connectivity index is 2.24. The van der Waals surface area contributed by atoms with E-state index in [1.807, 2.05) is 0 Å². The molecule has 6 heteroatoms. The van der Waals surface area contributed by atoms with Crippen LogP contribution < -0.4 is 4.74 Å². The van der Waals surface area contributed by atoms with Gasteiger partial charge in [0.15, 0.2) is 0 Å². The van der Waals surface area contributed by atoms with Gasteiger partial charge >= 0.3 is 5.97 Å². The van der Waals surface area contributed by atoms with Gasteiger partial charge in [0.05, 0.1) is 5.02 Å². The van der Waals surface area contributed by atoms with Crippen LogP contribution in [0.5, 0.6) is 5.75 Å². The molecule has 0 atom stereocenters. The number of ether oxygens (including phenoxy) is 1. The lowest BCUT2D eigenvalue weighted by Crippen LogP contribution is -2.05. The van der Waals surface area contributed by atoms with E-state index in [2.05, 4.69) is 0 Å². The average Bonchev–Trinajstić information content (AvgIpc) is 2.40. The Labute approximate surface area is 118 Å². The third-order valence-corrected chi connectivity index (χ3v) is 2.88. The first kappa shape index (κ1) is 14.3. The van der Waals surface area contributed by atoms with Gasteiger partial charge in [0.1, 0.15) is 29.6 Å². The molecule has 0 saturated carbocycles. The molecule has 0 radical (unpaired) electrons. The van der Waals surface area contributed by atoms with Crippen molar-refractivity contribution >= 4 is 17.6 Å². The minimum absolute atomic E-state index is 0.0659. The van der Waals surface area contributed by atoms with E-state index in [0.717, 1.165) is 18.2 Å². The number of benzene rings is 2. The maximum Gasteiger partial charge on any atom is 0.339 e. The lowest BCUT2D eigenvalue weighted by Gasteiger charge is -2.10. The van der Waals surface area contributed by atoms with Crippen LogP contribution in [-0.2, 0) is 6.61 Å². The molecule has 0 saturated heterocycles. The lowest BCUT2D eigenvalue weighted by atomic mass is 10.2. The Kier molecular flexibility index (Phi) is 4.20. The molecule has 3 nitrogen and oxygen atoms in total. The fourth-order valence-electron chi connectivity index (χ4n) is 1.61. The Bertz CT molecular complexity index is 659. The number of carboxylic acid groups (broad SMARTS) is 1. The standard InChI is InChI=1S/C14H9ClF2O3/c15-11-3-1-2-8(13(11)17)7-20-12-6-9(16)4-5-10(12)14(18)19/h1-6H,7H2,(H,18,19). The minimum Gasteiger partial charge on any atom is -0.488 e. The maximum absolute atomic E-state index is 13.6. The largest absolute Gasteiger partial charge is 0.488 e. The first-order valence-electron chi connectivity index (χ1n) is 5.57. The summed E-state index contributed by atoms with van der Waals surface area (Å²) in [6.07, 6.45) is 0. The summed E-state index contributed by atoms with van der Waals surface area (Å²) in [4.78, 5) is 11.0. The number of hydrogen-bond donors (Lipinski definition) is 1. The molecule has 0 fully saturated rings. The van der Waals surface area contributed by atoms with Gasteiger partial charge in [-0.2, -0.15) is 0 Å². The molecule has 0 heterocycles. The van der Waals surface area contributed by atoms with Crippen molar-refractivity contribution < 1.29 is 23.4 Å². The van der Waals surface area contributed by atoms with Crippen molar-refractivity contribution in [2.24, 2.45) is 0 Å². The van der Waals surface area contributed by atoms with E-state index >= 15 is 0 Å². The van der Waals surface area contributed by atoms with Crippen LogP contribution >= 0.6 is 11.6 Å². The van der Waals surface area contributed by atoms with Gasteiger partial charge in [-0.15, -0.1) is 0 Å². The first-order valence-corrected chi connectivity index (χ1v) is 5.95. The van der Waals surface area contributed by atoms with Gasteiger partial charge in [-0.1, -0.05) is 23.7 Å². The summed E-state index contributed by atoms with van der Waals surface area (Å²) < 4.78 is 31.9. The van der Waals surface area contributed by atoms with Crippen molar-refractivity contribution in [1.82, 2.24) is 0 Å². The van der Waals surface area contributed by atoms with Crippen LogP contribution in [0.15, 0.2) is 36.4 Å². The molecular weight excluding hydrogens is 290 g/mol. The molecule has 1 N–H and O–H groups in total. The number of carboxylic acids is 1. The average molecular weight is 299 g/mol. The molecule has 0 aliphatic rings. The molecule has 0 bridgehead atoms. The molecule has 0 amide bonds. The van der Waals surface area contributed by atoms with E-state index < -0.39 is 17.6 Å². The SMILES string of the molecule is O=C(O)c1ccc(F)cc1OCc1cccc(Cl)c1F.